The number of hydrogen-bond acceptors (Lipinski definition) is 7. The van der Waals surface area contributed by atoms with Crippen molar-refractivity contribution in [2.75, 3.05) is 26.9 Å². The highest BCUT2D eigenvalue weighted by molar-refractivity contribution is 5.96. The number of carbonyl (C=O) groups is 2. The molecular formula is C28H31NO7. The van der Waals surface area contributed by atoms with E-state index in [-0.39, 0.29) is 18.7 Å². The molecule has 2 aromatic carbocycles. The summed E-state index contributed by atoms with van der Waals surface area (Å²) in [6, 6.07) is 13.9. The second-order valence-electron chi connectivity index (χ2n) is 8.54. The lowest BCUT2D eigenvalue weighted by Crippen LogP contribution is -2.29. The molecule has 0 saturated heterocycles. The maximum Gasteiger partial charge on any atom is 0.349 e. The molecule has 8 nitrogen and oxygen atoms in total. The second kappa shape index (κ2) is 13.1. The minimum Gasteiger partial charge on any atom is -0.493 e. The number of benzene rings is 2. The number of para-hydroxylation sites is 1. The number of amides is 1. The molecule has 1 amide bonds. The first-order chi connectivity index (χ1) is 17.4. The van der Waals surface area contributed by atoms with Crippen LogP contribution in [0.15, 0.2) is 63.8 Å². The van der Waals surface area contributed by atoms with Gasteiger partial charge in [-0.25, -0.2) is 9.59 Å². The topological polar surface area (TPSA) is 104 Å². The summed E-state index contributed by atoms with van der Waals surface area (Å²) in [5.41, 5.74) is 0.416. The summed E-state index contributed by atoms with van der Waals surface area (Å²) >= 11 is 0. The van der Waals surface area contributed by atoms with Crippen LogP contribution in [-0.2, 0) is 9.53 Å². The van der Waals surface area contributed by atoms with Crippen LogP contribution in [0, 0.1) is 5.92 Å². The van der Waals surface area contributed by atoms with Gasteiger partial charge in [-0.1, -0.05) is 38.1 Å². The van der Waals surface area contributed by atoms with Crippen LogP contribution in [-0.4, -0.2) is 38.7 Å². The molecule has 1 heterocycles. The molecule has 8 heteroatoms. The Morgan fingerprint density at radius 2 is 1.86 bits per heavy atom. The molecule has 1 N–H and O–H groups in total. The quantitative estimate of drug-likeness (QED) is 0.170. The molecule has 36 heavy (non-hydrogen) atoms. The minimum absolute atomic E-state index is 0.0691. The third kappa shape index (κ3) is 7.73. The Hall–Kier alpha value is -4.07. The van der Waals surface area contributed by atoms with Crippen molar-refractivity contribution in [3.05, 3.63) is 76.2 Å². The first kappa shape index (κ1) is 26.5. The molecule has 0 aliphatic heterocycles. The number of hydrogen-bond donors (Lipinski definition) is 1. The molecule has 0 atom stereocenters. The summed E-state index contributed by atoms with van der Waals surface area (Å²) in [5.74, 6) is 0.748. The van der Waals surface area contributed by atoms with Crippen molar-refractivity contribution >= 4 is 28.9 Å². The highest BCUT2D eigenvalue weighted by atomic mass is 16.5. The average Bonchev–Trinajstić information content (AvgIpc) is 2.86. The van der Waals surface area contributed by atoms with Crippen LogP contribution in [0.25, 0.3) is 17.0 Å². The predicted octanol–water partition coefficient (Wildman–Crippen LogP) is 4.60. The van der Waals surface area contributed by atoms with Crippen molar-refractivity contribution in [1.82, 2.24) is 5.32 Å². The molecule has 0 spiro atoms. The van der Waals surface area contributed by atoms with Crippen molar-refractivity contribution in [3.8, 4) is 11.5 Å². The van der Waals surface area contributed by atoms with Crippen LogP contribution in [0.1, 0.15) is 42.6 Å². The maximum absolute atomic E-state index is 12.3. The number of carbonyl (C=O) groups excluding carboxylic acids is 2. The Morgan fingerprint density at radius 3 is 2.64 bits per heavy atom. The van der Waals surface area contributed by atoms with E-state index in [1.165, 1.54) is 12.1 Å². The second-order valence-corrected chi connectivity index (χ2v) is 8.54. The highest BCUT2D eigenvalue weighted by Crippen LogP contribution is 2.29. The third-order valence-corrected chi connectivity index (χ3v) is 5.29. The van der Waals surface area contributed by atoms with Gasteiger partial charge >= 0.3 is 11.6 Å². The van der Waals surface area contributed by atoms with Gasteiger partial charge in [0.2, 0.25) is 0 Å². The molecule has 0 unspecified atom stereocenters. The van der Waals surface area contributed by atoms with E-state index in [1.54, 1.807) is 43.5 Å². The molecule has 190 valence electrons. The van der Waals surface area contributed by atoms with E-state index in [4.69, 9.17) is 18.6 Å². The van der Waals surface area contributed by atoms with Crippen LogP contribution in [0.4, 0.5) is 0 Å². The number of fused-ring (bicyclic) bond motifs is 1. The monoisotopic (exact) mass is 493 g/mol. The fourth-order valence-electron chi connectivity index (χ4n) is 3.29. The zero-order valence-corrected chi connectivity index (χ0v) is 20.7. The van der Waals surface area contributed by atoms with Crippen LogP contribution >= 0.6 is 0 Å². The van der Waals surface area contributed by atoms with Crippen LogP contribution in [0.5, 0.6) is 11.5 Å². The molecule has 1 aromatic heterocycles. The summed E-state index contributed by atoms with van der Waals surface area (Å²) < 4.78 is 21.5. The zero-order chi connectivity index (χ0) is 25.9. The van der Waals surface area contributed by atoms with Crippen molar-refractivity contribution in [2.24, 2.45) is 5.92 Å². The van der Waals surface area contributed by atoms with E-state index in [0.717, 1.165) is 12.0 Å². The van der Waals surface area contributed by atoms with Crippen LogP contribution < -0.4 is 20.4 Å². The molecule has 3 rings (SSSR count). The van der Waals surface area contributed by atoms with E-state index in [1.807, 2.05) is 12.1 Å². The molecule has 0 fully saturated rings. The van der Waals surface area contributed by atoms with Crippen molar-refractivity contribution < 1.29 is 28.2 Å². The van der Waals surface area contributed by atoms with Gasteiger partial charge < -0.3 is 23.9 Å². The molecule has 0 radical (unpaired) electrons. The summed E-state index contributed by atoms with van der Waals surface area (Å²) in [5, 5.41) is 3.30. The number of esters is 1. The third-order valence-electron chi connectivity index (χ3n) is 5.29. The predicted molar refractivity (Wildman–Crippen MR) is 137 cm³/mol. The lowest BCUT2D eigenvalue weighted by Gasteiger charge is -2.12. The lowest BCUT2D eigenvalue weighted by atomic mass is 10.1. The maximum atomic E-state index is 12.3. The molecule has 0 aliphatic rings. The Morgan fingerprint density at radius 1 is 1.06 bits per heavy atom. The fraction of sp³-hybridized carbons (Fsp3) is 0.321. The Balaban J connectivity index is 1.42. The van der Waals surface area contributed by atoms with Gasteiger partial charge in [0, 0.05) is 18.0 Å². The van der Waals surface area contributed by atoms with Gasteiger partial charge in [-0.3, -0.25) is 4.79 Å². The SMILES string of the molecule is COc1cc(/C=C/C(=O)OCCCNC(=O)c2cc3ccccc3oc2=O)ccc1OCCC(C)C. The van der Waals surface area contributed by atoms with Crippen molar-refractivity contribution in [2.45, 2.75) is 26.7 Å². The largest absolute Gasteiger partial charge is 0.493 e. The van der Waals surface area contributed by atoms with Gasteiger partial charge in [0.15, 0.2) is 11.5 Å². The summed E-state index contributed by atoms with van der Waals surface area (Å²) in [4.78, 5) is 36.4. The zero-order valence-electron chi connectivity index (χ0n) is 20.7. The highest BCUT2D eigenvalue weighted by Gasteiger charge is 2.13. The van der Waals surface area contributed by atoms with Gasteiger partial charge in [-0.15, -0.1) is 0 Å². The molecule has 0 saturated carbocycles. The minimum atomic E-state index is -0.699. The van der Waals surface area contributed by atoms with Gasteiger partial charge in [-0.05, 0) is 54.7 Å². The van der Waals surface area contributed by atoms with Gasteiger partial charge in [0.05, 0.1) is 20.3 Å². The summed E-state index contributed by atoms with van der Waals surface area (Å²) in [6.07, 6.45) is 4.29. The van der Waals surface area contributed by atoms with Crippen LogP contribution in [0.3, 0.4) is 0 Å². The van der Waals surface area contributed by atoms with Gasteiger partial charge in [0.25, 0.3) is 5.91 Å². The van der Waals surface area contributed by atoms with E-state index in [2.05, 4.69) is 19.2 Å². The average molecular weight is 494 g/mol. The Kier molecular flexibility index (Phi) is 9.68. The molecule has 0 aliphatic carbocycles. The van der Waals surface area contributed by atoms with E-state index < -0.39 is 17.5 Å². The number of rotatable bonds is 12. The number of methoxy groups -OCH3 is 1. The lowest BCUT2D eigenvalue weighted by molar-refractivity contribution is -0.137. The van der Waals surface area contributed by atoms with E-state index in [9.17, 15) is 14.4 Å². The van der Waals surface area contributed by atoms with Crippen molar-refractivity contribution in [3.63, 3.8) is 0 Å². The molecule has 3 aromatic rings. The van der Waals surface area contributed by atoms with Gasteiger partial charge in [0.1, 0.15) is 11.1 Å². The van der Waals surface area contributed by atoms with Crippen LogP contribution in [0.2, 0.25) is 0 Å². The Bertz CT molecular complexity index is 1280. The van der Waals surface area contributed by atoms with E-state index in [0.29, 0.717) is 41.4 Å². The number of ether oxygens (including phenoxy) is 3. The first-order valence-electron chi connectivity index (χ1n) is 11.8. The first-order valence-corrected chi connectivity index (χ1v) is 11.8. The van der Waals surface area contributed by atoms with Crippen molar-refractivity contribution in [1.29, 1.82) is 0 Å². The summed E-state index contributed by atoms with van der Waals surface area (Å²) in [6.45, 7) is 5.22. The fourth-order valence-corrected chi connectivity index (χ4v) is 3.29. The number of nitrogens with one attached hydrogen (secondary N) is 1. The van der Waals surface area contributed by atoms with Gasteiger partial charge in [-0.2, -0.15) is 0 Å². The normalized spacial score (nSPS) is 11.1. The molecule has 0 bridgehead atoms. The smallest absolute Gasteiger partial charge is 0.349 e. The molecular weight excluding hydrogens is 462 g/mol. The Labute approximate surface area is 209 Å². The summed E-state index contributed by atoms with van der Waals surface area (Å²) in [7, 11) is 1.57. The standard InChI is InChI=1S/C28H31NO7/c1-19(2)13-16-34-24-11-9-20(17-25(24)33-3)10-12-26(30)35-15-6-14-29-27(31)22-18-21-7-4-5-8-23(21)36-28(22)32/h4-5,7-12,17-19H,6,13-16H2,1-3H3,(H,29,31)/b12-10+. The van der Waals surface area contributed by atoms with E-state index >= 15 is 0 Å².